The van der Waals surface area contributed by atoms with Crippen molar-refractivity contribution in [3.63, 3.8) is 0 Å². The highest BCUT2D eigenvalue weighted by Gasteiger charge is 2.25. The summed E-state index contributed by atoms with van der Waals surface area (Å²) >= 11 is 0. The zero-order chi connectivity index (χ0) is 7.84. The third kappa shape index (κ3) is 0.914. The molecule has 1 saturated carbocycles. The van der Waals surface area contributed by atoms with Gasteiger partial charge in [-0.05, 0) is 19.8 Å². The molecule has 11 heavy (non-hydrogen) atoms. The molecule has 0 aromatic carbocycles. The number of nitrogens with two attached hydrogens (primary N) is 1. The van der Waals surface area contributed by atoms with Gasteiger partial charge in [-0.1, -0.05) is 11.6 Å². The molecule has 0 atom stereocenters. The Bertz CT molecular complexity index is 263. The standard InChI is InChI=1S/C8H12N2O/c1-5-7(6-3-2-4-6)10-11-8(5)9/h6H,2-4,9H2,1H3. The molecule has 2 rings (SSSR count). The van der Waals surface area contributed by atoms with Crippen LogP contribution in [0.4, 0.5) is 5.88 Å². The van der Waals surface area contributed by atoms with Crippen molar-refractivity contribution >= 4 is 5.88 Å². The number of nitrogens with zero attached hydrogens (tertiary/aromatic N) is 1. The second-order valence-electron chi connectivity index (χ2n) is 3.18. The van der Waals surface area contributed by atoms with Crippen LogP contribution in [0.3, 0.4) is 0 Å². The lowest BCUT2D eigenvalue weighted by atomic mass is 9.82. The molecule has 0 amide bonds. The first-order valence-electron chi connectivity index (χ1n) is 4.00. The monoisotopic (exact) mass is 152 g/mol. The highest BCUT2D eigenvalue weighted by atomic mass is 16.5. The van der Waals surface area contributed by atoms with Crippen LogP contribution in [0.2, 0.25) is 0 Å². The van der Waals surface area contributed by atoms with Crippen LogP contribution >= 0.6 is 0 Å². The van der Waals surface area contributed by atoms with E-state index in [2.05, 4.69) is 5.16 Å². The molecule has 1 aromatic heterocycles. The van der Waals surface area contributed by atoms with Crippen molar-refractivity contribution in [2.24, 2.45) is 0 Å². The Morgan fingerprint density at radius 1 is 1.55 bits per heavy atom. The van der Waals surface area contributed by atoms with E-state index in [1.54, 1.807) is 0 Å². The lowest BCUT2D eigenvalue weighted by Gasteiger charge is -2.23. The highest BCUT2D eigenvalue weighted by molar-refractivity contribution is 5.39. The zero-order valence-corrected chi connectivity index (χ0v) is 6.63. The largest absolute Gasteiger partial charge is 0.367 e. The van der Waals surface area contributed by atoms with E-state index in [1.807, 2.05) is 6.92 Å². The Morgan fingerprint density at radius 3 is 2.64 bits per heavy atom. The van der Waals surface area contributed by atoms with Crippen LogP contribution < -0.4 is 5.73 Å². The van der Waals surface area contributed by atoms with E-state index >= 15 is 0 Å². The number of rotatable bonds is 1. The highest BCUT2D eigenvalue weighted by Crippen LogP contribution is 2.38. The molecule has 1 aromatic rings. The van der Waals surface area contributed by atoms with Crippen LogP contribution in [0, 0.1) is 6.92 Å². The van der Waals surface area contributed by atoms with Crippen molar-refractivity contribution in [3.05, 3.63) is 11.3 Å². The minimum absolute atomic E-state index is 0.479. The molecular weight excluding hydrogens is 140 g/mol. The van der Waals surface area contributed by atoms with Crippen LogP contribution in [0.1, 0.15) is 36.4 Å². The lowest BCUT2D eigenvalue weighted by Crippen LogP contribution is -2.10. The predicted molar refractivity (Wildman–Crippen MR) is 42.2 cm³/mol. The van der Waals surface area contributed by atoms with Crippen molar-refractivity contribution in [1.29, 1.82) is 0 Å². The normalized spacial score (nSPS) is 18.3. The predicted octanol–water partition coefficient (Wildman–Crippen LogP) is 1.83. The molecule has 2 N–H and O–H groups in total. The smallest absolute Gasteiger partial charge is 0.225 e. The molecule has 1 aliphatic rings. The number of anilines is 1. The van der Waals surface area contributed by atoms with Gasteiger partial charge in [-0.2, -0.15) is 0 Å². The van der Waals surface area contributed by atoms with Crippen LogP contribution in [-0.2, 0) is 0 Å². The summed E-state index contributed by atoms with van der Waals surface area (Å²) in [6, 6.07) is 0. The average molecular weight is 152 g/mol. The summed E-state index contributed by atoms with van der Waals surface area (Å²) in [5, 5.41) is 3.94. The fourth-order valence-corrected chi connectivity index (χ4v) is 1.42. The quantitative estimate of drug-likeness (QED) is 0.667. The Morgan fingerprint density at radius 2 is 2.27 bits per heavy atom. The maximum Gasteiger partial charge on any atom is 0.225 e. The van der Waals surface area contributed by atoms with Gasteiger partial charge >= 0.3 is 0 Å². The second kappa shape index (κ2) is 2.26. The lowest BCUT2D eigenvalue weighted by molar-refractivity contribution is 0.369. The first-order valence-corrected chi connectivity index (χ1v) is 4.00. The molecule has 0 spiro atoms. The van der Waals surface area contributed by atoms with E-state index in [4.69, 9.17) is 10.3 Å². The first kappa shape index (κ1) is 6.70. The van der Waals surface area contributed by atoms with Gasteiger partial charge in [0.15, 0.2) is 0 Å². The molecule has 0 saturated heterocycles. The summed E-state index contributed by atoms with van der Waals surface area (Å²) in [5.41, 5.74) is 7.64. The number of hydrogen-bond acceptors (Lipinski definition) is 3. The molecule has 3 heteroatoms. The molecule has 1 heterocycles. The van der Waals surface area contributed by atoms with Gasteiger partial charge in [0.1, 0.15) is 0 Å². The number of hydrogen-bond donors (Lipinski definition) is 1. The average Bonchev–Trinajstić information content (AvgIpc) is 2.15. The summed E-state index contributed by atoms with van der Waals surface area (Å²) < 4.78 is 4.88. The first-order chi connectivity index (χ1) is 5.29. The summed E-state index contributed by atoms with van der Waals surface area (Å²) in [6.45, 7) is 1.97. The van der Waals surface area contributed by atoms with Crippen molar-refractivity contribution < 1.29 is 4.52 Å². The molecule has 60 valence electrons. The van der Waals surface area contributed by atoms with Gasteiger partial charge in [0, 0.05) is 11.5 Å². The Labute approximate surface area is 65.6 Å². The molecule has 1 fully saturated rings. The van der Waals surface area contributed by atoms with E-state index < -0.39 is 0 Å². The van der Waals surface area contributed by atoms with E-state index in [1.165, 1.54) is 19.3 Å². The van der Waals surface area contributed by atoms with Crippen LogP contribution in [0.5, 0.6) is 0 Å². The van der Waals surface area contributed by atoms with E-state index in [9.17, 15) is 0 Å². The van der Waals surface area contributed by atoms with Gasteiger partial charge in [-0.15, -0.1) is 0 Å². The second-order valence-corrected chi connectivity index (χ2v) is 3.18. The van der Waals surface area contributed by atoms with Gasteiger partial charge < -0.3 is 10.3 Å². The molecule has 0 bridgehead atoms. The maximum absolute atomic E-state index is 5.53. The minimum Gasteiger partial charge on any atom is -0.367 e. The molecule has 0 aliphatic heterocycles. The van der Waals surface area contributed by atoms with Crippen molar-refractivity contribution in [2.75, 3.05) is 5.73 Å². The topological polar surface area (TPSA) is 52.0 Å². The van der Waals surface area contributed by atoms with Gasteiger partial charge in [0.25, 0.3) is 0 Å². The van der Waals surface area contributed by atoms with E-state index in [0.29, 0.717) is 11.8 Å². The fourth-order valence-electron chi connectivity index (χ4n) is 1.42. The van der Waals surface area contributed by atoms with E-state index in [0.717, 1.165) is 11.3 Å². The Kier molecular flexibility index (Phi) is 1.37. The van der Waals surface area contributed by atoms with E-state index in [-0.39, 0.29) is 0 Å². The van der Waals surface area contributed by atoms with Gasteiger partial charge in [-0.3, -0.25) is 0 Å². The Balaban J connectivity index is 2.29. The minimum atomic E-state index is 0.479. The van der Waals surface area contributed by atoms with Gasteiger partial charge in [-0.25, -0.2) is 0 Å². The van der Waals surface area contributed by atoms with Gasteiger partial charge in [0.2, 0.25) is 5.88 Å². The Hall–Kier alpha value is -0.990. The molecule has 1 aliphatic carbocycles. The maximum atomic E-state index is 5.53. The molecule has 0 unspecified atom stereocenters. The fraction of sp³-hybridized carbons (Fsp3) is 0.625. The summed E-state index contributed by atoms with van der Waals surface area (Å²) in [5.74, 6) is 1.10. The van der Waals surface area contributed by atoms with Gasteiger partial charge in [0.05, 0.1) is 5.69 Å². The third-order valence-electron chi connectivity index (χ3n) is 2.49. The number of aromatic nitrogens is 1. The zero-order valence-electron chi connectivity index (χ0n) is 6.63. The molecular formula is C8H12N2O. The van der Waals surface area contributed by atoms with Crippen molar-refractivity contribution in [2.45, 2.75) is 32.1 Å². The van der Waals surface area contributed by atoms with Crippen molar-refractivity contribution in [3.8, 4) is 0 Å². The summed E-state index contributed by atoms with van der Waals surface area (Å²) in [7, 11) is 0. The SMILES string of the molecule is Cc1c(C2CCC2)noc1N. The van der Waals surface area contributed by atoms with Crippen molar-refractivity contribution in [1.82, 2.24) is 5.16 Å². The summed E-state index contributed by atoms with van der Waals surface area (Å²) in [4.78, 5) is 0. The molecule has 0 radical (unpaired) electrons. The van der Waals surface area contributed by atoms with Crippen LogP contribution in [0.15, 0.2) is 4.52 Å². The van der Waals surface area contributed by atoms with Crippen LogP contribution in [0.25, 0.3) is 0 Å². The van der Waals surface area contributed by atoms with Crippen LogP contribution in [-0.4, -0.2) is 5.16 Å². The number of nitrogen functional groups attached to an aromatic ring is 1. The molecule has 3 nitrogen and oxygen atoms in total. The third-order valence-corrected chi connectivity index (χ3v) is 2.49. The summed E-state index contributed by atoms with van der Waals surface area (Å²) in [6.07, 6.45) is 3.80.